The molecule has 1 amide bonds. The molecule has 2 aromatic heterocycles. The highest BCUT2D eigenvalue weighted by Crippen LogP contribution is 2.34. The molecule has 2 N–H and O–H groups in total. The molecule has 0 unspecified atom stereocenters. The van der Waals surface area contributed by atoms with Crippen molar-refractivity contribution in [2.75, 3.05) is 50.5 Å². The number of hydrogen-bond donors (Lipinski definition) is 1. The third-order valence-corrected chi connectivity index (χ3v) is 5.25. The molecule has 10 nitrogen and oxygen atoms in total. The molecule has 1 saturated heterocycles. The molecular formula is C20H24FN7O3. The van der Waals surface area contributed by atoms with Gasteiger partial charge in [0.05, 0.1) is 24.8 Å². The Morgan fingerprint density at radius 3 is 2.61 bits per heavy atom. The molecular weight excluding hydrogens is 405 g/mol. The Balaban J connectivity index is 1.73. The molecule has 3 heterocycles. The number of anilines is 2. The van der Waals surface area contributed by atoms with Gasteiger partial charge in [0.2, 0.25) is 5.95 Å². The summed E-state index contributed by atoms with van der Waals surface area (Å²) < 4.78 is 26.6. The lowest BCUT2D eigenvalue weighted by molar-refractivity contribution is 0.105. The maximum Gasteiger partial charge on any atom is 0.409 e. The second-order valence-corrected chi connectivity index (χ2v) is 7.10. The van der Waals surface area contributed by atoms with Crippen LogP contribution in [0.15, 0.2) is 18.2 Å². The third kappa shape index (κ3) is 3.78. The second-order valence-electron chi connectivity index (χ2n) is 7.10. The maximum absolute atomic E-state index is 14.9. The number of ether oxygens (including phenoxy) is 2. The summed E-state index contributed by atoms with van der Waals surface area (Å²) in [4.78, 5) is 24.8. The first-order valence-electron chi connectivity index (χ1n) is 9.93. The summed E-state index contributed by atoms with van der Waals surface area (Å²) in [7, 11) is 3.17. The van der Waals surface area contributed by atoms with E-state index in [4.69, 9.17) is 15.2 Å². The van der Waals surface area contributed by atoms with Gasteiger partial charge < -0.3 is 25.0 Å². The zero-order valence-electron chi connectivity index (χ0n) is 17.6. The van der Waals surface area contributed by atoms with Gasteiger partial charge in [-0.15, -0.1) is 0 Å². The number of aromatic nitrogens is 4. The van der Waals surface area contributed by atoms with Gasteiger partial charge in [0.1, 0.15) is 17.4 Å². The average molecular weight is 429 g/mol. The molecule has 31 heavy (non-hydrogen) atoms. The van der Waals surface area contributed by atoms with E-state index in [1.165, 1.54) is 17.9 Å². The molecule has 4 rings (SSSR count). The van der Waals surface area contributed by atoms with Crippen LogP contribution in [0.5, 0.6) is 5.75 Å². The van der Waals surface area contributed by atoms with E-state index in [-0.39, 0.29) is 11.7 Å². The first-order valence-corrected chi connectivity index (χ1v) is 9.93. The molecule has 0 aliphatic carbocycles. The summed E-state index contributed by atoms with van der Waals surface area (Å²) in [5.74, 6) is 0.667. The van der Waals surface area contributed by atoms with E-state index in [0.717, 1.165) is 0 Å². The summed E-state index contributed by atoms with van der Waals surface area (Å²) >= 11 is 0. The number of halogens is 1. The number of carbonyl (C=O) groups is 1. The van der Waals surface area contributed by atoms with Crippen molar-refractivity contribution in [3.63, 3.8) is 0 Å². The number of rotatable bonds is 4. The van der Waals surface area contributed by atoms with E-state index in [1.54, 1.807) is 31.0 Å². The van der Waals surface area contributed by atoms with Crippen molar-refractivity contribution >= 4 is 28.9 Å². The first-order chi connectivity index (χ1) is 14.9. The van der Waals surface area contributed by atoms with Crippen LogP contribution in [0.2, 0.25) is 0 Å². The Morgan fingerprint density at radius 2 is 1.97 bits per heavy atom. The van der Waals surface area contributed by atoms with E-state index < -0.39 is 5.82 Å². The molecule has 1 fully saturated rings. The number of nitrogens with zero attached hydrogens (tertiary/aromatic N) is 6. The highest BCUT2D eigenvalue weighted by Gasteiger charge is 2.26. The lowest BCUT2D eigenvalue weighted by atomic mass is 10.1. The molecule has 164 valence electrons. The predicted octanol–water partition coefficient (Wildman–Crippen LogP) is 2.04. The van der Waals surface area contributed by atoms with Gasteiger partial charge in [-0.05, 0) is 19.1 Å². The second kappa shape index (κ2) is 8.25. The van der Waals surface area contributed by atoms with Crippen molar-refractivity contribution in [1.29, 1.82) is 0 Å². The zero-order valence-corrected chi connectivity index (χ0v) is 17.6. The zero-order chi connectivity index (χ0) is 22.1. The maximum atomic E-state index is 14.9. The monoisotopic (exact) mass is 429 g/mol. The van der Waals surface area contributed by atoms with Crippen LogP contribution in [-0.2, 0) is 11.8 Å². The van der Waals surface area contributed by atoms with Crippen LogP contribution in [0, 0.1) is 5.82 Å². The smallest absolute Gasteiger partial charge is 0.409 e. The molecule has 0 radical (unpaired) electrons. The standard InChI is InChI=1S/C20H24FN7O3/c1-4-31-20(29)28-9-7-27(8-10-28)19-23-16(13-6-5-12(30-3)11-14(13)21)15-17(22)26(2)25-18(15)24-19/h5-6,11H,4,7-10,22H2,1-3H3. The summed E-state index contributed by atoms with van der Waals surface area (Å²) in [5.41, 5.74) is 7.21. The van der Waals surface area contributed by atoms with E-state index in [1.807, 2.05) is 4.90 Å². The van der Waals surface area contributed by atoms with Crippen molar-refractivity contribution < 1.29 is 18.7 Å². The third-order valence-electron chi connectivity index (χ3n) is 5.25. The molecule has 0 spiro atoms. The number of benzene rings is 1. The van der Waals surface area contributed by atoms with E-state index in [2.05, 4.69) is 15.1 Å². The molecule has 1 aliphatic rings. The number of piperazine rings is 1. The summed E-state index contributed by atoms with van der Waals surface area (Å²) in [6.45, 7) is 4.06. The Kier molecular flexibility index (Phi) is 5.49. The van der Waals surface area contributed by atoms with Crippen LogP contribution < -0.4 is 15.4 Å². The fraction of sp³-hybridized carbons (Fsp3) is 0.400. The largest absolute Gasteiger partial charge is 0.497 e. The lowest BCUT2D eigenvalue weighted by Crippen LogP contribution is -2.49. The molecule has 0 atom stereocenters. The normalized spacial score (nSPS) is 14.2. The van der Waals surface area contributed by atoms with E-state index in [9.17, 15) is 9.18 Å². The number of methoxy groups -OCH3 is 1. The Hall–Kier alpha value is -3.63. The fourth-order valence-corrected chi connectivity index (χ4v) is 3.56. The Morgan fingerprint density at radius 1 is 1.23 bits per heavy atom. The number of nitrogens with two attached hydrogens (primary N) is 1. The van der Waals surface area contributed by atoms with Gasteiger partial charge in [-0.1, -0.05) is 0 Å². The minimum Gasteiger partial charge on any atom is -0.497 e. The summed E-state index contributed by atoms with van der Waals surface area (Å²) in [6, 6.07) is 4.56. The van der Waals surface area contributed by atoms with Crippen molar-refractivity contribution in [3.8, 4) is 17.0 Å². The number of hydrogen-bond acceptors (Lipinski definition) is 8. The summed E-state index contributed by atoms with van der Waals surface area (Å²) in [6.07, 6.45) is -0.336. The Bertz CT molecular complexity index is 1130. The van der Waals surface area contributed by atoms with Crippen LogP contribution in [0.25, 0.3) is 22.3 Å². The highest BCUT2D eigenvalue weighted by molar-refractivity contribution is 5.99. The molecule has 0 saturated carbocycles. The van der Waals surface area contributed by atoms with Crippen LogP contribution in [0.1, 0.15) is 6.92 Å². The van der Waals surface area contributed by atoms with Crippen molar-refractivity contribution in [2.45, 2.75) is 6.92 Å². The van der Waals surface area contributed by atoms with Crippen molar-refractivity contribution in [1.82, 2.24) is 24.6 Å². The van der Waals surface area contributed by atoms with Crippen LogP contribution in [-0.4, -0.2) is 70.6 Å². The number of fused-ring (bicyclic) bond motifs is 1. The molecule has 1 aliphatic heterocycles. The molecule has 3 aromatic rings. The van der Waals surface area contributed by atoms with E-state index >= 15 is 0 Å². The quantitative estimate of drug-likeness (QED) is 0.671. The minimum atomic E-state index is -0.485. The number of carbonyl (C=O) groups excluding carboxylic acids is 1. The number of aryl methyl sites for hydroxylation is 1. The van der Waals surface area contributed by atoms with E-state index in [0.29, 0.717) is 67.0 Å². The fourth-order valence-electron chi connectivity index (χ4n) is 3.56. The van der Waals surface area contributed by atoms with Gasteiger partial charge in [-0.25, -0.2) is 14.2 Å². The van der Waals surface area contributed by atoms with Gasteiger partial charge in [-0.2, -0.15) is 10.1 Å². The molecule has 11 heteroatoms. The Labute approximate surface area is 178 Å². The highest BCUT2D eigenvalue weighted by atomic mass is 19.1. The van der Waals surface area contributed by atoms with Crippen molar-refractivity contribution in [3.05, 3.63) is 24.0 Å². The lowest BCUT2D eigenvalue weighted by Gasteiger charge is -2.34. The van der Waals surface area contributed by atoms with Crippen molar-refractivity contribution in [2.24, 2.45) is 7.05 Å². The SMILES string of the molecule is CCOC(=O)N1CCN(c2nc(-c3ccc(OC)cc3F)c3c(N)n(C)nc3n2)CC1. The van der Waals surface area contributed by atoms with Gasteiger partial charge in [0.25, 0.3) is 0 Å². The average Bonchev–Trinajstić information content (AvgIpc) is 3.07. The minimum absolute atomic E-state index is 0.277. The van der Waals surface area contributed by atoms with Gasteiger partial charge >= 0.3 is 6.09 Å². The molecule has 0 bridgehead atoms. The van der Waals surface area contributed by atoms with Gasteiger partial charge in [0, 0.05) is 44.9 Å². The first kappa shape index (κ1) is 20.6. The molecule has 1 aromatic carbocycles. The predicted molar refractivity (Wildman–Crippen MR) is 113 cm³/mol. The van der Waals surface area contributed by atoms with Gasteiger partial charge in [-0.3, -0.25) is 4.68 Å². The summed E-state index contributed by atoms with van der Waals surface area (Å²) in [5, 5.41) is 4.85. The number of nitrogen functional groups attached to an aromatic ring is 1. The van der Waals surface area contributed by atoms with Crippen LogP contribution in [0.4, 0.5) is 21.0 Å². The van der Waals surface area contributed by atoms with Crippen LogP contribution >= 0.6 is 0 Å². The topological polar surface area (TPSA) is 112 Å². The van der Waals surface area contributed by atoms with Gasteiger partial charge in [0.15, 0.2) is 5.65 Å². The van der Waals surface area contributed by atoms with Crippen LogP contribution in [0.3, 0.4) is 0 Å². The number of amides is 1.